The largest absolute Gasteiger partial charge is 0.370 e. The van der Waals surface area contributed by atoms with Gasteiger partial charge in [-0.1, -0.05) is 13.8 Å². The SMILES string of the molecule is CC(C)CNC(N)=NCC(C)(C)N(C)C. The number of nitrogens with one attached hydrogen (secondary N) is 1. The quantitative estimate of drug-likeness (QED) is 0.528. The fourth-order valence-electron chi connectivity index (χ4n) is 0.785. The summed E-state index contributed by atoms with van der Waals surface area (Å²) in [5.41, 5.74) is 5.80. The predicted octanol–water partition coefficient (Wildman–Crippen LogP) is 0.887. The predicted molar refractivity (Wildman–Crippen MR) is 67.1 cm³/mol. The molecule has 0 radical (unpaired) electrons. The molecule has 0 spiro atoms. The summed E-state index contributed by atoms with van der Waals surface area (Å²) >= 11 is 0. The minimum atomic E-state index is 0.0458. The van der Waals surface area contributed by atoms with E-state index in [1.165, 1.54) is 0 Å². The topological polar surface area (TPSA) is 53.6 Å². The Morgan fingerprint density at radius 3 is 2.33 bits per heavy atom. The third kappa shape index (κ3) is 6.33. The molecule has 0 unspecified atom stereocenters. The third-order valence-electron chi connectivity index (χ3n) is 2.54. The minimum Gasteiger partial charge on any atom is -0.370 e. The first-order valence-corrected chi connectivity index (χ1v) is 5.47. The van der Waals surface area contributed by atoms with E-state index in [2.05, 4.69) is 42.9 Å². The van der Waals surface area contributed by atoms with Gasteiger partial charge in [0, 0.05) is 12.1 Å². The van der Waals surface area contributed by atoms with Gasteiger partial charge in [0.15, 0.2) is 5.96 Å². The van der Waals surface area contributed by atoms with Crippen LogP contribution in [0.2, 0.25) is 0 Å². The first kappa shape index (κ1) is 14.2. The zero-order chi connectivity index (χ0) is 12.1. The van der Waals surface area contributed by atoms with Crippen LogP contribution in [-0.4, -0.2) is 43.6 Å². The number of nitrogens with two attached hydrogens (primary N) is 1. The van der Waals surface area contributed by atoms with Gasteiger partial charge in [0.25, 0.3) is 0 Å². The van der Waals surface area contributed by atoms with Crippen LogP contribution in [0.4, 0.5) is 0 Å². The lowest BCUT2D eigenvalue weighted by Crippen LogP contribution is -2.43. The number of aliphatic imine (C=N–C) groups is 1. The van der Waals surface area contributed by atoms with Crippen LogP contribution in [0.15, 0.2) is 4.99 Å². The normalized spacial score (nSPS) is 13.7. The van der Waals surface area contributed by atoms with Crippen LogP contribution in [0.1, 0.15) is 27.7 Å². The van der Waals surface area contributed by atoms with Gasteiger partial charge in [-0.3, -0.25) is 4.99 Å². The molecule has 0 fully saturated rings. The second-order valence-electron chi connectivity index (χ2n) is 5.18. The molecule has 3 N–H and O–H groups in total. The van der Waals surface area contributed by atoms with Gasteiger partial charge in [-0.25, -0.2) is 0 Å². The summed E-state index contributed by atoms with van der Waals surface area (Å²) < 4.78 is 0. The van der Waals surface area contributed by atoms with Crippen LogP contribution < -0.4 is 11.1 Å². The van der Waals surface area contributed by atoms with Crippen LogP contribution >= 0.6 is 0 Å². The molecule has 0 rings (SSSR count). The molecule has 4 nitrogen and oxygen atoms in total. The summed E-state index contributed by atoms with van der Waals surface area (Å²) in [7, 11) is 4.10. The van der Waals surface area contributed by atoms with Crippen LogP contribution in [0, 0.1) is 5.92 Å². The number of nitrogens with zero attached hydrogens (tertiary/aromatic N) is 2. The van der Waals surface area contributed by atoms with E-state index in [1.807, 2.05) is 14.1 Å². The smallest absolute Gasteiger partial charge is 0.188 e. The Morgan fingerprint density at radius 2 is 1.93 bits per heavy atom. The van der Waals surface area contributed by atoms with Crippen LogP contribution in [0.3, 0.4) is 0 Å². The number of hydrogen-bond acceptors (Lipinski definition) is 2. The van der Waals surface area contributed by atoms with Crippen molar-refractivity contribution >= 4 is 5.96 Å². The molecule has 0 aliphatic rings. The molecule has 0 aromatic rings. The summed E-state index contributed by atoms with van der Waals surface area (Å²) in [6.07, 6.45) is 0. The molecular formula is C11H26N4. The highest BCUT2D eigenvalue weighted by Crippen LogP contribution is 2.09. The van der Waals surface area contributed by atoms with E-state index in [0.717, 1.165) is 6.54 Å². The lowest BCUT2D eigenvalue weighted by atomic mass is 10.1. The maximum Gasteiger partial charge on any atom is 0.188 e. The van der Waals surface area contributed by atoms with E-state index in [1.54, 1.807) is 0 Å². The molecule has 4 heteroatoms. The molecule has 0 atom stereocenters. The minimum absolute atomic E-state index is 0.0458. The van der Waals surface area contributed by atoms with Crippen molar-refractivity contribution in [2.24, 2.45) is 16.6 Å². The summed E-state index contributed by atoms with van der Waals surface area (Å²) in [5.74, 6) is 1.12. The fourth-order valence-corrected chi connectivity index (χ4v) is 0.785. The van der Waals surface area contributed by atoms with E-state index < -0.39 is 0 Å². The van der Waals surface area contributed by atoms with Crippen molar-refractivity contribution in [2.45, 2.75) is 33.2 Å². The number of hydrogen-bond donors (Lipinski definition) is 2. The number of likely N-dealkylation sites (N-methyl/N-ethyl adjacent to an activating group) is 1. The third-order valence-corrected chi connectivity index (χ3v) is 2.54. The average Bonchev–Trinajstić information content (AvgIpc) is 2.11. The molecule has 0 aromatic carbocycles. The van der Waals surface area contributed by atoms with Crippen LogP contribution in [-0.2, 0) is 0 Å². The lowest BCUT2D eigenvalue weighted by Gasteiger charge is -2.30. The molecule has 0 aliphatic carbocycles. The Morgan fingerprint density at radius 1 is 1.40 bits per heavy atom. The lowest BCUT2D eigenvalue weighted by molar-refractivity contribution is 0.205. The summed E-state index contributed by atoms with van der Waals surface area (Å²) in [6.45, 7) is 10.2. The van der Waals surface area contributed by atoms with Crippen LogP contribution in [0.25, 0.3) is 0 Å². The molecule has 0 aromatic heterocycles. The van der Waals surface area contributed by atoms with E-state index in [0.29, 0.717) is 18.4 Å². The van der Waals surface area contributed by atoms with Crippen molar-refractivity contribution in [3.05, 3.63) is 0 Å². The number of rotatable bonds is 5. The summed E-state index contributed by atoms with van der Waals surface area (Å²) in [6, 6.07) is 0. The molecule has 0 saturated heterocycles. The van der Waals surface area contributed by atoms with E-state index in [9.17, 15) is 0 Å². The van der Waals surface area contributed by atoms with Crippen molar-refractivity contribution in [1.82, 2.24) is 10.2 Å². The zero-order valence-electron chi connectivity index (χ0n) is 11.0. The van der Waals surface area contributed by atoms with Crippen LogP contribution in [0.5, 0.6) is 0 Å². The highest BCUT2D eigenvalue weighted by molar-refractivity contribution is 5.77. The molecule has 15 heavy (non-hydrogen) atoms. The van der Waals surface area contributed by atoms with Crippen molar-refractivity contribution in [3.63, 3.8) is 0 Å². The van der Waals surface area contributed by atoms with Gasteiger partial charge in [-0.2, -0.15) is 0 Å². The van der Waals surface area contributed by atoms with Gasteiger partial charge in [0.05, 0.1) is 6.54 Å². The second-order valence-corrected chi connectivity index (χ2v) is 5.18. The molecule has 0 heterocycles. The Kier molecular flexibility index (Phi) is 5.65. The summed E-state index contributed by atoms with van der Waals surface area (Å²) in [5, 5.41) is 3.10. The van der Waals surface area contributed by atoms with Crippen molar-refractivity contribution in [1.29, 1.82) is 0 Å². The Labute approximate surface area is 93.9 Å². The fraction of sp³-hybridized carbons (Fsp3) is 0.909. The monoisotopic (exact) mass is 214 g/mol. The first-order valence-electron chi connectivity index (χ1n) is 5.47. The molecule has 90 valence electrons. The molecule has 0 bridgehead atoms. The highest BCUT2D eigenvalue weighted by atomic mass is 15.2. The Balaban J connectivity index is 4.04. The number of guanidine groups is 1. The van der Waals surface area contributed by atoms with Gasteiger partial charge >= 0.3 is 0 Å². The van der Waals surface area contributed by atoms with Crippen molar-refractivity contribution < 1.29 is 0 Å². The van der Waals surface area contributed by atoms with Gasteiger partial charge < -0.3 is 16.0 Å². The van der Waals surface area contributed by atoms with E-state index in [-0.39, 0.29) is 5.54 Å². The molecule has 0 saturated carbocycles. The van der Waals surface area contributed by atoms with Gasteiger partial charge in [-0.05, 0) is 33.9 Å². The molecule has 0 aliphatic heterocycles. The van der Waals surface area contributed by atoms with Gasteiger partial charge in [0.2, 0.25) is 0 Å². The maximum absolute atomic E-state index is 5.75. The standard InChI is InChI=1S/C11H26N4/c1-9(2)7-13-10(12)14-8-11(3,4)15(5)6/h9H,7-8H2,1-6H3,(H3,12,13,14). The summed E-state index contributed by atoms with van der Waals surface area (Å²) in [4.78, 5) is 6.48. The second kappa shape index (κ2) is 5.95. The van der Waals surface area contributed by atoms with Crippen molar-refractivity contribution in [2.75, 3.05) is 27.2 Å². The van der Waals surface area contributed by atoms with Crippen molar-refractivity contribution in [3.8, 4) is 0 Å². The Bertz CT molecular complexity index is 207. The highest BCUT2D eigenvalue weighted by Gasteiger charge is 2.19. The van der Waals surface area contributed by atoms with Gasteiger partial charge in [0.1, 0.15) is 0 Å². The van der Waals surface area contributed by atoms with E-state index in [4.69, 9.17) is 5.73 Å². The zero-order valence-corrected chi connectivity index (χ0v) is 11.0. The van der Waals surface area contributed by atoms with E-state index >= 15 is 0 Å². The van der Waals surface area contributed by atoms with Gasteiger partial charge in [-0.15, -0.1) is 0 Å². The molecular weight excluding hydrogens is 188 g/mol. The maximum atomic E-state index is 5.75. The Hall–Kier alpha value is -0.770. The molecule has 0 amide bonds. The average molecular weight is 214 g/mol. The first-order chi connectivity index (χ1) is 6.75.